The lowest BCUT2D eigenvalue weighted by Crippen LogP contribution is -2.52. The number of fused-ring (bicyclic) bond motifs is 5. The highest BCUT2D eigenvalue weighted by Gasteiger charge is 2.60. The van der Waals surface area contributed by atoms with E-state index in [1.165, 1.54) is 32.1 Å². The average molecular weight is 447 g/mol. The van der Waals surface area contributed by atoms with Crippen LogP contribution in [-0.2, 0) is 4.74 Å². The number of hydrogen-bond donors (Lipinski definition) is 2. The third-order valence-corrected chi connectivity index (χ3v) is 11.3. The molecule has 0 saturated heterocycles. The van der Waals surface area contributed by atoms with Gasteiger partial charge in [-0.15, -0.1) is 0 Å². The van der Waals surface area contributed by atoms with Gasteiger partial charge in [-0.05, 0) is 111 Å². The van der Waals surface area contributed by atoms with Gasteiger partial charge in [-0.3, -0.25) is 0 Å². The van der Waals surface area contributed by atoms with E-state index in [2.05, 4.69) is 40.7 Å². The Balaban J connectivity index is 1.51. The van der Waals surface area contributed by atoms with E-state index < -0.39 is 5.60 Å². The third kappa shape index (κ3) is 4.03. The van der Waals surface area contributed by atoms with Crippen LogP contribution in [-0.4, -0.2) is 35.1 Å². The first-order valence-corrected chi connectivity index (χ1v) is 13.7. The van der Waals surface area contributed by atoms with E-state index in [0.29, 0.717) is 22.7 Å². The highest BCUT2D eigenvalue weighted by Crippen LogP contribution is 2.67. The maximum absolute atomic E-state index is 11.0. The van der Waals surface area contributed by atoms with Gasteiger partial charge in [0.25, 0.3) is 0 Å². The summed E-state index contributed by atoms with van der Waals surface area (Å²) in [5.74, 6) is 3.30. The minimum absolute atomic E-state index is 0.219. The molecule has 2 N–H and O–H groups in total. The maximum atomic E-state index is 11.0. The zero-order valence-electron chi connectivity index (χ0n) is 21.7. The topological polar surface area (TPSA) is 49.7 Å². The molecule has 3 heteroatoms. The summed E-state index contributed by atoms with van der Waals surface area (Å²) in [5, 5.41) is 21.4. The Bertz CT molecular complexity index is 701. The second-order valence-corrected chi connectivity index (χ2v) is 12.9. The Kier molecular flexibility index (Phi) is 6.96. The van der Waals surface area contributed by atoms with Gasteiger partial charge in [-0.1, -0.05) is 46.3 Å². The Morgan fingerprint density at radius 1 is 1.06 bits per heavy atom. The van der Waals surface area contributed by atoms with Crippen molar-refractivity contribution in [2.45, 2.75) is 123 Å². The van der Waals surface area contributed by atoms with Crippen molar-refractivity contribution in [3.63, 3.8) is 0 Å². The molecular formula is C29H50O3. The van der Waals surface area contributed by atoms with Crippen LogP contribution in [0.15, 0.2) is 11.6 Å². The van der Waals surface area contributed by atoms with Crippen LogP contribution in [0.25, 0.3) is 0 Å². The van der Waals surface area contributed by atoms with Crippen LogP contribution in [0.5, 0.6) is 0 Å². The Labute approximate surface area is 197 Å². The van der Waals surface area contributed by atoms with E-state index in [9.17, 15) is 10.2 Å². The standard InChI is InChI=1S/C29H50O3/c1-7-29(31)17-16-27(4)20(18-29)8-9-21-22-10-11-24(28(22,5)15-14-23(21)27)26(32-6)13-12-25(30)19(2)3/h8,19,21-26,30-31H,7,9-18H2,1-6H3/t21-,22-,23-,24+,25+,26+,27-,28-,29-/m0/s1. The highest BCUT2D eigenvalue weighted by molar-refractivity contribution is 5.27. The molecule has 184 valence electrons. The lowest BCUT2D eigenvalue weighted by Gasteiger charge is -2.59. The molecule has 0 radical (unpaired) electrons. The van der Waals surface area contributed by atoms with Crippen molar-refractivity contribution >= 4 is 0 Å². The van der Waals surface area contributed by atoms with Crippen molar-refractivity contribution in [3.8, 4) is 0 Å². The minimum atomic E-state index is -0.466. The molecule has 0 unspecified atom stereocenters. The average Bonchev–Trinajstić information content (AvgIpc) is 3.12. The van der Waals surface area contributed by atoms with Crippen molar-refractivity contribution in [1.82, 2.24) is 0 Å². The van der Waals surface area contributed by atoms with Crippen LogP contribution in [0, 0.1) is 40.4 Å². The fraction of sp³-hybridized carbons (Fsp3) is 0.931. The van der Waals surface area contributed by atoms with Crippen LogP contribution in [0.1, 0.15) is 105 Å². The Hall–Kier alpha value is -0.380. The smallest absolute Gasteiger partial charge is 0.0682 e. The van der Waals surface area contributed by atoms with Crippen LogP contribution in [0.4, 0.5) is 0 Å². The van der Waals surface area contributed by atoms with Crippen molar-refractivity contribution < 1.29 is 14.9 Å². The fourth-order valence-electron chi connectivity index (χ4n) is 8.82. The summed E-state index contributed by atoms with van der Waals surface area (Å²) < 4.78 is 6.10. The third-order valence-electron chi connectivity index (χ3n) is 11.3. The number of allylic oxidation sites excluding steroid dienone is 1. The Morgan fingerprint density at radius 2 is 1.81 bits per heavy atom. The van der Waals surface area contributed by atoms with Crippen molar-refractivity contribution in [2.24, 2.45) is 40.4 Å². The lowest BCUT2D eigenvalue weighted by molar-refractivity contribution is -0.0906. The van der Waals surface area contributed by atoms with Gasteiger partial charge >= 0.3 is 0 Å². The molecule has 3 fully saturated rings. The lowest BCUT2D eigenvalue weighted by atomic mass is 9.46. The molecule has 0 bridgehead atoms. The van der Waals surface area contributed by atoms with Crippen LogP contribution >= 0.6 is 0 Å². The second-order valence-electron chi connectivity index (χ2n) is 12.9. The molecule has 32 heavy (non-hydrogen) atoms. The van der Waals surface area contributed by atoms with Crippen molar-refractivity contribution in [1.29, 1.82) is 0 Å². The van der Waals surface area contributed by atoms with Gasteiger partial charge in [0.15, 0.2) is 0 Å². The molecule has 0 aromatic heterocycles. The van der Waals surface area contributed by atoms with Gasteiger partial charge < -0.3 is 14.9 Å². The molecular weight excluding hydrogens is 396 g/mol. The summed E-state index contributed by atoms with van der Waals surface area (Å²) in [7, 11) is 1.89. The molecule has 3 nitrogen and oxygen atoms in total. The molecule has 0 heterocycles. The number of rotatable bonds is 7. The quantitative estimate of drug-likeness (QED) is 0.438. The van der Waals surface area contributed by atoms with E-state index in [1.807, 2.05) is 7.11 Å². The van der Waals surface area contributed by atoms with Crippen molar-refractivity contribution in [2.75, 3.05) is 7.11 Å². The van der Waals surface area contributed by atoms with Gasteiger partial charge in [0.2, 0.25) is 0 Å². The number of hydrogen-bond acceptors (Lipinski definition) is 3. The first-order valence-electron chi connectivity index (χ1n) is 13.7. The minimum Gasteiger partial charge on any atom is -0.393 e. The van der Waals surface area contributed by atoms with Gasteiger partial charge in [-0.25, -0.2) is 0 Å². The summed E-state index contributed by atoms with van der Waals surface area (Å²) in [4.78, 5) is 0. The molecule has 0 aromatic carbocycles. The largest absolute Gasteiger partial charge is 0.393 e. The summed E-state index contributed by atoms with van der Waals surface area (Å²) in [6, 6.07) is 0. The van der Waals surface area contributed by atoms with Gasteiger partial charge in [-0.2, -0.15) is 0 Å². The summed E-state index contributed by atoms with van der Waals surface area (Å²) >= 11 is 0. The monoisotopic (exact) mass is 446 g/mol. The molecule has 0 aliphatic heterocycles. The summed E-state index contributed by atoms with van der Waals surface area (Å²) in [6.45, 7) is 11.5. The Morgan fingerprint density at radius 3 is 2.47 bits per heavy atom. The fourth-order valence-corrected chi connectivity index (χ4v) is 8.82. The zero-order valence-corrected chi connectivity index (χ0v) is 21.7. The number of ether oxygens (including phenoxy) is 1. The first kappa shape index (κ1) is 24.7. The van der Waals surface area contributed by atoms with Crippen LogP contribution in [0.3, 0.4) is 0 Å². The SMILES string of the molecule is CC[C@]1(O)CC[C@@]2(C)C(=CC[C@H]3[C@@H]4CC[C@H]([C@@H](CC[C@@H](O)C(C)C)OC)[C@@]4(C)CC[C@@H]32)C1. The molecule has 0 spiro atoms. The molecule has 9 atom stereocenters. The van der Waals surface area contributed by atoms with Gasteiger partial charge in [0, 0.05) is 7.11 Å². The van der Waals surface area contributed by atoms with E-state index in [4.69, 9.17) is 4.74 Å². The molecule has 0 aromatic rings. The molecule has 4 aliphatic carbocycles. The number of aliphatic hydroxyl groups excluding tert-OH is 1. The van der Waals surface area contributed by atoms with E-state index in [1.54, 1.807) is 5.57 Å². The zero-order chi connectivity index (χ0) is 23.3. The molecule has 0 amide bonds. The van der Waals surface area contributed by atoms with E-state index >= 15 is 0 Å². The van der Waals surface area contributed by atoms with Crippen LogP contribution < -0.4 is 0 Å². The van der Waals surface area contributed by atoms with Crippen molar-refractivity contribution in [3.05, 3.63) is 11.6 Å². The molecule has 4 rings (SSSR count). The highest BCUT2D eigenvalue weighted by atomic mass is 16.5. The number of aliphatic hydroxyl groups is 2. The van der Waals surface area contributed by atoms with Gasteiger partial charge in [0.05, 0.1) is 17.8 Å². The molecule has 4 aliphatic rings. The number of methoxy groups -OCH3 is 1. The van der Waals surface area contributed by atoms with Crippen LogP contribution in [0.2, 0.25) is 0 Å². The summed E-state index contributed by atoms with van der Waals surface area (Å²) in [6.07, 6.45) is 14.8. The second kappa shape index (κ2) is 9.00. The predicted octanol–water partition coefficient (Wildman–Crippen LogP) is 6.52. The summed E-state index contributed by atoms with van der Waals surface area (Å²) in [5.41, 5.74) is 1.77. The van der Waals surface area contributed by atoms with E-state index in [-0.39, 0.29) is 12.2 Å². The molecule has 3 saturated carbocycles. The van der Waals surface area contributed by atoms with E-state index in [0.717, 1.165) is 56.3 Å². The van der Waals surface area contributed by atoms with Gasteiger partial charge in [0.1, 0.15) is 0 Å². The maximum Gasteiger partial charge on any atom is 0.0682 e. The first-order chi connectivity index (χ1) is 15.1. The normalized spacial score (nSPS) is 45.6. The predicted molar refractivity (Wildman–Crippen MR) is 131 cm³/mol.